The van der Waals surface area contributed by atoms with Gasteiger partial charge in [-0.05, 0) is 48.6 Å². The van der Waals surface area contributed by atoms with Crippen molar-refractivity contribution in [3.8, 4) is 23.7 Å². The van der Waals surface area contributed by atoms with Gasteiger partial charge in [0.1, 0.15) is 6.10 Å². The largest absolute Gasteiger partial charge is 0.376 e. The van der Waals surface area contributed by atoms with Crippen molar-refractivity contribution < 1.29 is 9.90 Å². The topological polar surface area (TPSA) is 37.3 Å². The van der Waals surface area contributed by atoms with Gasteiger partial charge in [-0.25, -0.2) is 0 Å². The fourth-order valence-corrected chi connectivity index (χ4v) is 2.69. The van der Waals surface area contributed by atoms with Crippen molar-refractivity contribution in [3.05, 3.63) is 69.7 Å². The van der Waals surface area contributed by atoms with Crippen LogP contribution in [0.4, 0.5) is 0 Å². The molecule has 0 bridgehead atoms. The summed E-state index contributed by atoms with van der Waals surface area (Å²) in [6.07, 6.45) is 5.24. The third-order valence-corrected chi connectivity index (χ3v) is 4.47. The van der Waals surface area contributed by atoms with E-state index in [0.29, 0.717) is 15.6 Å². The number of aliphatic hydroxyl groups is 1. The molecule has 0 spiro atoms. The molecule has 2 rings (SSSR count). The van der Waals surface area contributed by atoms with Gasteiger partial charge in [-0.3, -0.25) is 4.79 Å². The lowest BCUT2D eigenvalue weighted by Gasteiger charge is -2.03. The molecule has 2 aromatic carbocycles. The average Bonchev–Trinajstić information content (AvgIpc) is 2.74. The van der Waals surface area contributed by atoms with Crippen molar-refractivity contribution >= 4 is 29.0 Å². The van der Waals surface area contributed by atoms with Crippen LogP contribution in [-0.4, -0.2) is 10.9 Å². The standard InChI is InChI=1S/C13H15ClO.C13H13ClO/c2*1-2-3-4-5-9-13(15)11-7-6-8-12(14)10-11/h6-8,10,13,15H,2-4H2,1H3;6-8,10H,2-4H2,1H3. The number of rotatable bonds is 6. The third-order valence-electron chi connectivity index (χ3n) is 4.00. The summed E-state index contributed by atoms with van der Waals surface area (Å²) in [5, 5.41) is 10.9. The van der Waals surface area contributed by atoms with Gasteiger partial charge < -0.3 is 5.11 Å². The van der Waals surface area contributed by atoms with Gasteiger partial charge in [-0.1, -0.05) is 86.0 Å². The SMILES string of the molecule is CCCCC#CC(=O)c1cccc(Cl)c1.CCCCC#CC(O)c1cccc(Cl)c1. The van der Waals surface area contributed by atoms with E-state index in [1.807, 2.05) is 12.1 Å². The Bertz CT molecular complexity index is 914. The minimum atomic E-state index is -0.722. The van der Waals surface area contributed by atoms with Gasteiger partial charge in [0, 0.05) is 28.5 Å². The molecule has 4 heteroatoms. The number of carbonyl (C=O) groups excluding carboxylic acids is 1. The zero-order valence-corrected chi connectivity index (χ0v) is 19.1. The lowest BCUT2D eigenvalue weighted by Crippen LogP contribution is -1.94. The van der Waals surface area contributed by atoms with Gasteiger partial charge >= 0.3 is 0 Å². The molecule has 0 fully saturated rings. The highest BCUT2D eigenvalue weighted by atomic mass is 35.5. The molecule has 0 amide bonds. The molecule has 1 N–H and O–H groups in total. The smallest absolute Gasteiger partial charge is 0.235 e. The van der Waals surface area contributed by atoms with E-state index in [2.05, 4.69) is 37.5 Å². The van der Waals surface area contributed by atoms with Gasteiger partial charge in [0.25, 0.3) is 0 Å². The molecule has 2 aromatic rings. The number of benzene rings is 2. The zero-order valence-electron chi connectivity index (χ0n) is 17.6. The van der Waals surface area contributed by atoms with E-state index in [-0.39, 0.29) is 5.78 Å². The second-order valence-corrected chi connectivity index (χ2v) is 7.50. The van der Waals surface area contributed by atoms with Crippen LogP contribution in [-0.2, 0) is 0 Å². The molecule has 0 aliphatic rings. The maximum atomic E-state index is 11.5. The fourth-order valence-electron chi connectivity index (χ4n) is 2.30. The predicted molar refractivity (Wildman–Crippen MR) is 127 cm³/mol. The number of halogens is 2. The van der Waals surface area contributed by atoms with Crippen LogP contribution in [0.1, 0.15) is 74.4 Å². The van der Waals surface area contributed by atoms with Gasteiger partial charge in [-0.2, -0.15) is 0 Å². The lowest BCUT2D eigenvalue weighted by atomic mass is 10.1. The van der Waals surface area contributed by atoms with Crippen LogP contribution in [0.15, 0.2) is 48.5 Å². The summed E-state index contributed by atoms with van der Waals surface area (Å²) in [5.41, 5.74) is 1.32. The Morgan fingerprint density at radius 2 is 1.53 bits per heavy atom. The van der Waals surface area contributed by atoms with Crippen LogP contribution in [0.2, 0.25) is 10.0 Å². The first kappa shape index (κ1) is 25.8. The van der Waals surface area contributed by atoms with E-state index in [1.54, 1.807) is 36.4 Å². The normalized spacial score (nSPS) is 10.4. The first-order valence-electron chi connectivity index (χ1n) is 10.2. The number of Topliss-reactive ketones (excluding diaryl/α,β-unsaturated/α-hetero) is 1. The molecule has 30 heavy (non-hydrogen) atoms. The summed E-state index contributed by atoms with van der Waals surface area (Å²) >= 11 is 11.6. The van der Waals surface area contributed by atoms with E-state index in [9.17, 15) is 9.90 Å². The number of hydrogen-bond donors (Lipinski definition) is 1. The molecule has 2 nitrogen and oxygen atoms in total. The van der Waals surface area contributed by atoms with Crippen molar-refractivity contribution in [2.45, 2.75) is 58.5 Å². The molecular formula is C26H28Cl2O2. The van der Waals surface area contributed by atoms with Gasteiger partial charge in [0.2, 0.25) is 5.78 Å². The maximum absolute atomic E-state index is 11.5. The van der Waals surface area contributed by atoms with Gasteiger partial charge in [0.05, 0.1) is 0 Å². The Labute approximate surface area is 190 Å². The summed E-state index contributed by atoms with van der Waals surface area (Å²) in [6.45, 7) is 4.22. The summed E-state index contributed by atoms with van der Waals surface area (Å²) in [6, 6.07) is 14.0. The van der Waals surface area contributed by atoms with Crippen LogP contribution in [0, 0.1) is 23.7 Å². The van der Waals surface area contributed by atoms with Crippen LogP contribution in [0.3, 0.4) is 0 Å². The number of ketones is 1. The Balaban J connectivity index is 0.000000300. The van der Waals surface area contributed by atoms with Crippen molar-refractivity contribution in [1.29, 1.82) is 0 Å². The molecule has 0 aliphatic heterocycles. The van der Waals surface area contributed by atoms with E-state index in [0.717, 1.165) is 44.1 Å². The lowest BCUT2D eigenvalue weighted by molar-refractivity contribution is 0.105. The number of carbonyl (C=O) groups is 1. The van der Waals surface area contributed by atoms with E-state index in [4.69, 9.17) is 23.2 Å². The highest BCUT2D eigenvalue weighted by Crippen LogP contribution is 2.17. The minimum Gasteiger partial charge on any atom is -0.376 e. The second kappa shape index (κ2) is 15.6. The Hall–Kier alpha value is -2.23. The molecule has 1 unspecified atom stereocenters. The molecular weight excluding hydrogens is 415 g/mol. The van der Waals surface area contributed by atoms with Crippen LogP contribution < -0.4 is 0 Å². The molecule has 0 heterocycles. The molecule has 0 radical (unpaired) electrons. The third kappa shape index (κ3) is 11.1. The Morgan fingerprint density at radius 1 is 0.933 bits per heavy atom. The fraction of sp³-hybridized carbons (Fsp3) is 0.346. The number of unbranched alkanes of at least 4 members (excludes halogenated alkanes) is 4. The van der Waals surface area contributed by atoms with E-state index >= 15 is 0 Å². The maximum Gasteiger partial charge on any atom is 0.235 e. The minimum absolute atomic E-state index is 0.159. The molecule has 0 saturated carbocycles. The molecule has 0 aliphatic carbocycles. The highest BCUT2D eigenvalue weighted by Gasteiger charge is 2.03. The monoisotopic (exact) mass is 442 g/mol. The summed E-state index contributed by atoms with van der Waals surface area (Å²) in [7, 11) is 0. The summed E-state index contributed by atoms with van der Waals surface area (Å²) < 4.78 is 0. The van der Waals surface area contributed by atoms with Crippen molar-refractivity contribution in [2.75, 3.05) is 0 Å². The van der Waals surface area contributed by atoms with Crippen LogP contribution >= 0.6 is 23.2 Å². The number of hydrogen-bond acceptors (Lipinski definition) is 2. The Morgan fingerprint density at radius 3 is 2.13 bits per heavy atom. The molecule has 0 aromatic heterocycles. The average molecular weight is 443 g/mol. The predicted octanol–water partition coefficient (Wildman–Crippen LogP) is 7.28. The first-order chi connectivity index (χ1) is 14.5. The van der Waals surface area contributed by atoms with Crippen molar-refractivity contribution in [3.63, 3.8) is 0 Å². The Kier molecular flexibility index (Phi) is 13.4. The van der Waals surface area contributed by atoms with E-state index in [1.165, 1.54) is 0 Å². The van der Waals surface area contributed by atoms with E-state index < -0.39 is 6.10 Å². The quantitative estimate of drug-likeness (QED) is 0.220. The summed E-state index contributed by atoms with van der Waals surface area (Å²) in [5.74, 6) is 11.1. The van der Waals surface area contributed by atoms with Gasteiger partial charge in [0.15, 0.2) is 0 Å². The van der Waals surface area contributed by atoms with Crippen molar-refractivity contribution in [2.24, 2.45) is 0 Å². The number of aliphatic hydroxyl groups excluding tert-OH is 1. The molecule has 158 valence electrons. The summed E-state index contributed by atoms with van der Waals surface area (Å²) in [4.78, 5) is 11.5. The molecule has 1 atom stereocenters. The zero-order chi connectivity index (χ0) is 22.2. The van der Waals surface area contributed by atoms with Crippen molar-refractivity contribution in [1.82, 2.24) is 0 Å². The molecule has 0 saturated heterocycles. The second-order valence-electron chi connectivity index (χ2n) is 6.63. The van der Waals surface area contributed by atoms with Gasteiger partial charge in [-0.15, -0.1) is 5.92 Å². The van der Waals surface area contributed by atoms with Crippen LogP contribution in [0.5, 0.6) is 0 Å². The van der Waals surface area contributed by atoms with Crippen LogP contribution in [0.25, 0.3) is 0 Å². The first-order valence-corrected chi connectivity index (χ1v) is 10.9. The highest BCUT2D eigenvalue weighted by molar-refractivity contribution is 6.31.